The van der Waals surface area contributed by atoms with Crippen LogP contribution in [0.4, 0.5) is 0 Å². The summed E-state index contributed by atoms with van der Waals surface area (Å²) in [5.41, 5.74) is 5.74. The minimum absolute atomic E-state index is 0.166. The number of carbonyl (C=O) groups is 3. The van der Waals surface area contributed by atoms with Gasteiger partial charge in [-0.25, -0.2) is 4.79 Å². The van der Waals surface area contributed by atoms with Gasteiger partial charge in [-0.05, 0) is 57.4 Å². The lowest BCUT2D eigenvalue weighted by Gasteiger charge is -2.38. The Morgan fingerprint density at radius 1 is 1.09 bits per heavy atom. The Balaban J connectivity index is 1.93. The van der Waals surface area contributed by atoms with E-state index in [1.165, 1.54) is 24.3 Å². The van der Waals surface area contributed by atoms with E-state index in [0.717, 1.165) is 19.3 Å². The van der Waals surface area contributed by atoms with Crippen LogP contribution in [0.3, 0.4) is 0 Å². The monoisotopic (exact) mass is 318 g/mol. The molecule has 1 aromatic carbocycles. The van der Waals surface area contributed by atoms with Gasteiger partial charge in [-0.1, -0.05) is 0 Å². The van der Waals surface area contributed by atoms with Gasteiger partial charge < -0.3 is 15.4 Å². The van der Waals surface area contributed by atoms with E-state index in [4.69, 9.17) is 10.5 Å². The SMILES string of the molecule is C[C@H]1CCC[C@H](C)N1C(=O)COC(=O)c1ccc(C(N)=O)cc1. The second kappa shape index (κ2) is 7.26. The van der Waals surface area contributed by atoms with E-state index in [1.807, 2.05) is 13.8 Å². The van der Waals surface area contributed by atoms with Crippen LogP contribution >= 0.6 is 0 Å². The maximum absolute atomic E-state index is 12.3. The zero-order valence-corrected chi connectivity index (χ0v) is 13.5. The summed E-state index contributed by atoms with van der Waals surface area (Å²) in [5, 5.41) is 0. The van der Waals surface area contributed by atoms with Gasteiger partial charge in [-0.2, -0.15) is 0 Å². The molecule has 2 N–H and O–H groups in total. The number of hydrogen-bond acceptors (Lipinski definition) is 4. The van der Waals surface area contributed by atoms with Crippen molar-refractivity contribution >= 4 is 17.8 Å². The first-order valence-electron chi connectivity index (χ1n) is 7.78. The molecule has 1 aliphatic heterocycles. The topological polar surface area (TPSA) is 89.7 Å². The molecule has 0 aromatic heterocycles. The molecule has 23 heavy (non-hydrogen) atoms. The lowest BCUT2D eigenvalue weighted by atomic mass is 9.97. The Bertz CT molecular complexity index is 587. The molecule has 0 bridgehead atoms. The van der Waals surface area contributed by atoms with E-state index < -0.39 is 11.9 Å². The average molecular weight is 318 g/mol. The molecule has 1 aliphatic rings. The van der Waals surface area contributed by atoms with Crippen molar-refractivity contribution in [3.05, 3.63) is 35.4 Å². The van der Waals surface area contributed by atoms with Crippen molar-refractivity contribution in [3.63, 3.8) is 0 Å². The standard InChI is InChI=1S/C17H22N2O4/c1-11-4-3-5-12(2)19(11)15(20)10-23-17(22)14-8-6-13(7-9-14)16(18)21/h6-9,11-12H,3-5,10H2,1-2H3,(H2,18,21)/t11-,12-/m0/s1. The molecule has 6 heteroatoms. The van der Waals surface area contributed by atoms with E-state index in [9.17, 15) is 14.4 Å². The van der Waals surface area contributed by atoms with Crippen LogP contribution in [-0.2, 0) is 9.53 Å². The number of carbonyl (C=O) groups excluding carboxylic acids is 3. The number of rotatable bonds is 4. The fourth-order valence-electron chi connectivity index (χ4n) is 2.97. The van der Waals surface area contributed by atoms with E-state index in [1.54, 1.807) is 4.90 Å². The molecule has 2 rings (SSSR count). The van der Waals surface area contributed by atoms with Crippen LogP contribution in [0.1, 0.15) is 53.8 Å². The molecular formula is C17H22N2O4. The van der Waals surface area contributed by atoms with Crippen LogP contribution in [0.15, 0.2) is 24.3 Å². The number of piperidine rings is 1. The molecule has 6 nitrogen and oxygen atoms in total. The van der Waals surface area contributed by atoms with Crippen LogP contribution in [0.2, 0.25) is 0 Å². The Morgan fingerprint density at radius 3 is 2.13 bits per heavy atom. The molecule has 0 radical (unpaired) electrons. The van der Waals surface area contributed by atoms with Crippen molar-refractivity contribution in [1.82, 2.24) is 4.90 Å². The molecule has 0 aliphatic carbocycles. The Labute approximate surface area is 135 Å². The average Bonchev–Trinajstić information content (AvgIpc) is 2.52. The fourth-order valence-corrected chi connectivity index (χ4v) is 2.97. The third kappa shape index (κ3) is 4.09. The number of amides is 2. The maximum atomic E-state index is 12.3. The predicted octanol–water partition coefficient (Wildman–Crippen LogP) is 1.73. The van der Waals surface area contributed by atoms with Crippen LogP contribution in [0, 0.1) is 0 Å². The fraction of sp³-hybridized carbons (Fsp3) is 0.471. The van der Waals surface area contributed by atoms with Crippen LogP contribution in [0.5, 0.6) is 0 Å². The Hall–Kier alpha value is -2.37. The Morgan fingerprint density at radius 2 is 1.61 bits per heavy atom. The number of benzene rings is 1. The normalized spacial score (nSPS) is 20.9. The first kappa shape index (κ1) is 17.0. The van der Waals surface area contributed by atoms with Gasteiger partial charge in [0.15, 0.2) is 6.61 Å². The summed E-state index contributed by atoms with van der Waals surface area (Å²) in [6.07, 6.45) is 3.05. The predicted molar refractivity (Wildman–Crippen MR) is 84.9 cm³/mol. The molecule has 1 aromatic rings. The smallest absolute Gasteiger partial charge is 0.338 e. The quantitative estimate of drug-likeness (QED) is 0.856. The van der Waals surface area contributed by atoms with Gasteiger partial charge in [-0.3, -0.25) is 9.59 Å². The molecule has 2 atom stereocenters. The van der Waals surface area contributed by atoms with Crippen LogP contribution in [0.25, 0.3) is 0 Å². The van der Waals surface area contributed by atoms with Gasteiger partial charge in [0.1, 0.15) is 0 Å². The third-order valence-corrected chi connectivity index (χ3v) is 4.21. The summed E-state index contributed by atoms with van der Waals surface area (Å²) in [7, 11) is 0. The number of hydrogen-bond donors (Lipinski definition) is 1. The molecule has 0 spiro atoms. The number of esters is 1. The highest BCUT2D eigenvalue weighted by atomic mass is 16.5. The van der Waals surface area contributed by atoms with E-state index in [0.29, 0.717) is 5.56 Å². The molecule has 1 saturated heterocycles. The number of ether oxygens (including phenoxy) is 1. The van der Waals surface area contributed by atoms with Gasteiger partial charge >= 0.3 is 5.97 Å². The van der Waals surface area contributed by atoms with Gasteiger partial charge in [0, 0.05) is 17.6 Å². The second-order valence-electron chi connectivity index (χ2n) is 5.95. The number of primary amides is 1. The van der Waals surface area contributed by atoms with E-state index in [2.05, 4.69) is 0 Å². The molecule has 1 fully saturated rings. The summed E-state index contributed by atoms with van der Waals surface area (Å²) in [6.45, 7) is 3.75. The summed E-state index contributed by atoms with van der Waals surface area (Å²) >= 11 is 0. The zero-order valence-electron chi connectivity index (χ0n) is 13.5. The largest absolute Gasteiger partial charge is 0.452 e. The zero-order chi connectivity index (χ0) is 17.0. The van der Waals surface area contributed by atoms with Crippen molar-refractivity contribution in [1.29, 1.82) is 0 Å². The Kier molecular flexibility index (Phi) is 5.36. The summed E-state index contributed by atoms with van der Waals surface area (Å²) in [4.78, 5) is 37.0. The molecule has 124 valence electrons. The number of likely N-dealkylation sites (tertiary alicyclic amines) is 1. The summed E-state index contributed by atoms with van der Waals surface area (Å²) in [6, 6.07) is 6.16. The van der Waals surface area contributed by atoms with Crippen molar-refractivity contribution in [2.75, 3.05) is 6.61 Å². The van der Waals surface area contributed by atoms with Crippen molar-refractivity contribution in [2.24, 2.45) is 5.73 Å². The second-order valence-corrected chi connectivity index (χ2v) is 5.95. The molecule has 1 heterocycles. The highest BCUT2D eigenvalue weighted by molar-refractivity contribution is 5.95. The maximum Gasteiger partial charge on any atom is 0.338 e. The lowest BCUT2D eigenvalue weighted by molar-refractivity contribution is -0.140. The van der Waals surface area contributed by atoms with Crippen molar-refractivity contribution < 1.29 is 19.1 Å². The third-order valence-electron chi connectivity index (χ3n) is 4.21. The first-order valence-corrected chi connectivity index (χ1v) is 7.78. The van der Waals surface area contributed by atoms with Crippen LogP contribution < -0.4 is 5.73 Å². The molecular weight excluding hydrogens is 296 g/mol. The lowest BCUT2D eigenvalue weighted by Crippen LogP contribution is -2.49. The van der Waals surface area contributed by atoms with Gasteiger partial charge in [-0.15, -0.1) is 0 Å². The van der Waals surface area contributed by atoms with Gasteiger partial charge in [0.05, 0.1) is 5.56 Å². The highest BCUT2D eigenvalue weighted by Crippen LogP contribution is 2.22. The van der Waals surface area contributed by atoms with Crippen molar-refractivity contribution in [3.8, 4) is 0 Å². The van der Waals surface area contributed by atoms with Gasteiger partial charge in [0.25, 0.3) is 5.91 Å². The van der Waals surface area contributed by atoms with E-state index in [-0.39, 0.29) is 30.2 Å². The highest BCUT2D eigenvalue weighted by Gasteiger charge is 2.29. The molecule has 0 saturated carbocycles. The number of nitrogens with two attached hydrogens (primary N) is 1. The van der Waals surface area contributed by atoms with E-state index >= 15 is 0 Å². The molecule has 0 unspecified atom stereocenters. The summed E-state index contributed by atoms with van der Waals surface area (Å²) < 4.78 is 5.09. The minimum Gasteiger partial charge on any atom is -0.452 e. The van der Waals surface area contributed by atoms with Gasteiger partial charge in [0.2, 0.25) is 5.91 Å². The van der Waals surface area contributed by atoms with Crippen molar-refractivity contribution in [2.45, 2.75) is 45.2 Å². The summed E-state index contributed by atoms with van der Waals surface area (Å²) in [5.74, 6) is -1.33. The molecule has 2 amide bonds. The first-order chi connectivity index (χ1) is 10.9. The number of nitrogens with zero attached hydrogens (tertiary/aromatic N) is 1. The van der Waals surface area contributed by atoms with Crippen LogP contribution in [-0.4, -0.2) is 41.4 Å². The minimum atomic E-state index is -0.591.